The second-order valence-electron chi connectivity index (χ2n) is 6.39. The lowest BCUT2D eigenvalue weighted by molar-refractivity contribution is -0.384. The first kappa shape index (κ1) is 19.4. The summed E-state index contributed by atoms with van der Waals surface area (Å²) < 4.78 is 0.649. The molecule has 0 saturated carbocycles. The minimum absolute atomic E-state index is 0.0285. The lowest BCUT2D eigenvalue weighted by atomic mass is 9.85. The molecule has 0 saturated heterocycles. The second-order valence-corrected chi connectivity index (χ2v) is 8.48. The summed E-state index contributed by atoms with van der Waals surface area (Å²) in [7, 11) is 0. The zero-order chi connectivity index (χ0) is 19.7. The number of non-ortho nitro benzene ring substituents is 1. The SMILES string of the molecule is CC1CCc2c(C#N)c(NC(=O)c3cc([N+](=O)[O-])ccc3Cl)sc(=S)c2C1. The first-order valence-electron chi connectivity index (χ1n) is 8.16. The summed E-state index contributed by atoms with van der Waals surface area (Å²) in [4.78, 5) is 23.0. The highest BCUT2D eigenvalue weighted by Crippen LogP contribution is 2.36. The zero-order valence-electron chi connectivity index (χ0n) is 14.2. The highest BCUT2D eigenvalue weighted by Gasteiger charge is 2.24. The lowest BCUT2D eigenvalue weighted by Gasteiger charge is -2.23. The normalized spacial score (nSPS) is 15.5. The summed E-state index contributed by atoms with van der Waals surface area (Å²) in [5.41, 5.74) is 2.04. The summed E-state index contributed by atoms with van der Waals surface area (Å²) in [5.74, 6) is -0.114. The number of carbonyl (C=O) groups is 1. The van der Waals surface area contributed by atoms with Crippen LogP contribution in [0.4, 0.5) is 10.7 Å². The van der Waals surface area contributed by atoms with Gasteiger partial charge in [-0.1, -0.05) is 30.7 Å². The Kier molecular flexibility index (Phi) is 5.56. The van der Waals surface area contributed by atoms with Crippen LogP contribution < -0.4 is 5.32 Å². The van der Waals surface area contributed by atoms with Gasteiger partial charge in [-0.2, -0.15) is 5.26 Å². The van der Waals surface area contributed by atoms with Crippen molar-refractivity contribution in [1.82, 2.24) is 0 Å². The average Bonchev–Trinajstić information content (AvgIpc) is 2.62. The summed E-state index contributed by atoms with van der Waals surface area (Å²) in [6, 6.07) is 5.82. The van der Waals surface area contributed by atoms with E-state index in [9.17, 15) is 20.2 Å². The number of nitro groups is 1. The minimum Gasteiger partial charge on any atom is -0.312 e. The number of hydrogen-bond donors (Lipinski definition) is 1. The summed E-state index contributed by atoms with van der Waals surface area (Å²) in [6.45, 7) is 2.15. The standard InChI is InChI=1S/C18H14ClN3O3S2/c1-9-2-4-11-12(6-9)18(26)27-17(14(11)8-20)21-16(23)13-7-10(22(24)25)3-5-15(13)19/h3,5,7,9H,2,4,6H2,1H3,(H,21,23). The Morgan fingerprint density at radius 1 is 1.48 bits per heavy atom. The van der Waals surface area contributed by atoms with E-state index in [2.05, 4.69) is 18.3 Å². The van der Waals surface area contributed by atoms with Crippen molar-refractivity contribution >= 4 is 51.8 Å². The van der Waals surface area contributed by atoms with Crippen LogP contribution in [0.1, 0.15) is 40.4 Å². The number of fused-ring (bicyclic) bond motifs is 1. The number of rotatable bonds is 3. The number of benzene rings is 1. The number of hydrogen-bond acceptors (Lipinski definition) is 6. The molecule has 138 valence electrons. The van der Waals surface area contributed by atoms with Crippen LogP contribution >= 0.6 is 35.2 Å². The third kappa shape index (κ3) is 3.86. The van der Waals surface area contributed by atoms with Crippen LogP contribution in [0.5, 0.6) is 0 Å². The maximum Gasteiger partial charge on any atom is 0.270 e. The van der Waals surface area contributed by atoms with Crippen LogP contribution in [-0.4, -0.2) is 10.8 Å². The number of amides is 1. The Bertz CT molecular complexity index is 1060. The molecule has 0 radical (unpaired) electrons. The van der Waals surface area contributed by atoms with Crippen molar-refractivity contribution < 1.29 is 9.72 Å². The van der Waals surface area contributed by atoms with Gasteiger partial charge >= 0.3 is 0 Å². The Labute approximate surface area is 169 Å². The van der Waals surface area contributed by atoms with Gasteiger partial charge < -0.3 is 5.32 Å². The van der Waals surface area contributed by atoms with Gasteiger partial charge in [0.15, 0.2) is 0 Å². The van der Waals surface area contributed by atoms with Gasteiger partial charge in [0.25, 0.3) is 11.6 Å². The summed E-state index contributed by atoms with van der Waals surface area (Å²) in [6.07, 6.45) is 2.51. The fourth-order valence-electron chi connectivity index (χ4n) is 3.12. The van der Waals surface area contributed by atoms with Gasteiger partial charge in [-0.05, 0) is 42.4 Å². The van der Waals surface area contributed by atoms with Gasteiger partial charge in [0.1, 0.15) is 11.1 Å². The van der Waals surface area contributed by atoms with Crippen LogP contribution in [0.3, 0.4) is 0 Å². The fourth-order valence-corrected chi connectivity index (χ4v) is 4.71. The summed E-state index contributed by atoms with van der Waals surface area (Å²) >= 11 is 12.7. The predicted octanol–water partition coefficient (Wildman–Crippen LogP) is 5.29. The van der Waals surface area contributed by atoms with E-state index in [0.29, 0.717) is 20.3 Å². The second kappa shape index (κ2) is 7.72. The molecule has 1 aliphatic rings. The van der Waals surface area contributed by atoms with Gasteiger partial charge in [0, 0.05) is 12.1 Å². The van der Waals surface area contributed by atoms with Gasteiger partial charge in [0.2, 0.25) is 0 Å². The molecule has 0 spiro atoms. The number of nitro benzene ring substituents is 1. The van der Waals surface area contributed by atoms with E-state index >= 15 is 0 Å². The van der Waals surface area contributed by atoms with E-state index < -0.39 is 10.8 Å². The molecule has 1 N–H and O–H groups in total. The minimum atomic E-state index is -0.616. The van der Waals surface area contributed by atoms with Crippen molar-refractivity contribution in [3.63, 3.8) is 0 Å². The van der Waals surface area contributed by atoms with E-state index in [1.54, 1.807) is 0 Å². The van der Waals surface area contributed by atoms with E-state index in [1.165, 1.54) is 23.5 Å². The van der Waals surface area contributed by atoms with Crippen LogP contribution in [-0.2, 0) is 12.8 Å². The molecule has 1 atom stereocenters. The Morgan fingerprint density at radius 2 is 2.22 bits per heavy atom. The number of nitrogens with one attached hydrogen (secondary N) is 1. The molecule has 2 aromatic rings. The van der Waals surface area contributed by atoms with Crippen molar-refractivity contribution in [2.24, 2.45) is 5.92 Å². The molecule has 0 aliphatic heterocycles. The predicted molar refractivity (Wildman–Crippen MR) is 107 cm³/mol. The molecule has 1 unspecified atom stereocenters. The highest BCUT2D eigenvalue weighted by atomic mass is 35.5. The maximum atomic E-state index is 12.7. The molecule has 1 aliphatic carbocycles. The van der Waals surface area contributed by atoms with Crippen molar-refractivity contribution in [1.29, 1.82) is 5.26 Å². The van der Waals surface area contributed by atoms with Crippen molar-refractivity contribution in [3.05, 3.63) is 59.4 Å². The van der Waals surface area contributed by atoms with Crippen LogP contribution in [0.15, 0.2) is 18.2 Å². The third-order valence-corrected chi connectivity index (χ3v) is 6.29. The lowest BCUT2D eigenvalue weighted by Crippen LogP contribution is -2.17. The van der Waals surface area contributed by atoms with Gasteiger partial charge in [-0.25, -0.2) is 0 Å². The number of nitriles is 1. The van der Waals surface area contributed by atoms with Crippen LogP contribution in [0.25, 0.3) is 0 Å². The number of halogens is 1. The van der Waals surface area contributed by atoms with E-state index in [1.807, 2.05) is 0 Å². The van der Waals surface area contributed by atoms with Crippen molar-refractivity contribution in [2.45, 2.75) is 26.2 Å². The number of nitrogens with zero attached hydrogens (tertiary/aromatic N) is 2. The topological polar surface area (TPSA) is 96.0 Å². The van der Waals surface area contributed by atoms with E-state index in [-0.39, 0.29) is 16.3 Å². The Balaban J connectivity index is 2.02. The summed E-state index contributed by atoms with van der Waals surface area (Å²) in [5, 5.41) is 23.7. The number of carbonyl (C=O) groups excluding carboxylic acids is 1. The maximum absolute atomic E-state index is 12.7. The molecule has 1 heterocycles. The van der Waals surface area contributed by atoms with Gasteiger partial charge in [-0.3, -0.25) is 14.9 Å². The fraction of sp³-hybridized carbons (Fsp3) is 0.278. The molecule has 1 amide bonds. The zero-order valence-corrected chi connectivity index (χ0v) is 16.6. The molecule has 1 aromatic carbocycles. The van der Waals surface area contributed by atoms with Gasteiger partial charge in [0.05, 0.1) is 24.9 Å². The molecule has 27 heavy (non-hydrogen) atoms. The molecule has 3 rings (SSSR count). The first-order valence-corrected chi connectivity index (χ1v) is 9.76. The molecule has 9 heteroatoms. The van der Waals surface area contributed by atoms with E-state index in [4.69, 9.17) is 23.8 Å². The molecule has 0 bridgehead atoms. The molecule has 1 aromatic heterocycles. The van der Waals surface area contributed by atoms with Crippen molar-refractivity contribution in [3.8, 4) is 6.07 Å². The van der Waals surface area contributed by atoms with Crippen LogP contribution in [0.2, 0.25) is 5.02 Å². The highest BCUT2D eigenvalue weighted by molar-refractivity contribution is 7.73. The Morgan fingerprint density at radius 3 is 2.89 bits per heavy atom. The largest absolute Gasteiger partial charge is 0.312 e. The molecule has 0 fully saturated rings. The number of anilines is 1. The molecular weight excluding hydrogens is 406 g/mol. The average molecular weight is 420 g/mol. The molecular formula is C18H14ClN3O3S2. The molecule has 6 nitrogen and oxygen atoms in total. The first-order chi connectivity index (χ1) is 12.8. The Hall–Kier alpha value is -2.34. The quantitative estimate of drug-likeness (QED) is 0.414. The monoisotopic (exact) mass is 419 g/mol. The van der Waals surface area contributed by atoms with Crippen molar-refractivity contribution in [2.75, 3.05) is 5.32 Å². The van der Waals surface area contributed by atoms with Gasteiger partial charge in [-0.15, -0.1) is 11.3 Å². The van der Waals surface area contributed by atoms with Crippen LogP contribution in [0, 0.1) is 31.2 Å². The smallest absolute Gasteiger partial charge is 0.270 e. The van der Waals surface area contributed by atoms with E-state index in [0.717, 1.165) is 36.5 Å². The third-order valence-electron chi connectivity index (χ3n) is 4.52.